The zero-order chi connectivity index (χ0) is 21.1. The molecule has 2 N–H and O–H groups in total. The quantitative estimate of drug-likeness (QED) is 0.719. The number of aryl methyl sites for hydroxylation is 2. The fourth-order valence-corrected chi connectivity index (χ4v) is 5.61. The zero-order valence-electron chi connectivity index (χ0n) is 18.2. The molecule has 0 aromatic carbocycles. The number of aromatic amines is 1. The number of carbonyl (C=O) groups is 1. The summed E-state index contributed by atoms with van der Waals surface area (Å²) >= 11 is 1.66. The van der Waals surface area contributed by atoms with Crippen LogP contribution >= 0.6 is 11.3 Å². The minimum absolute atomic E-state index is 0.113. The maximum atomic E-state index is 12.8. The van der Waals surface area contributed by atoms with Gasteiger partial charge in [0.05, 0.1) is 10.6 Å². The van der Waals surface area contributed by atoms with Gasteiger partial charge in [-0.15, -0.1) is 11.3 Å². The van der Waals surface area contributed by atoms with Crippen LogP contribution in [0.15, 0.2) is 16.2 Å². The predicted octanol–water partition coefficient (Wildman–Crippen LogP) is 4.70. The number of anilines is 1. The number of nitrogens with one attached hydrogen (secondary N) is 2. The summed E-state index contributed by atoms with van der Waals surface area (Å²) in [5.41, 5.74) is 3.98. The van der Waals surface area contributed by atoms with Gasteiger partial charge in [0.1, 0.15) is 0 Å². The Morgan fingerprint density at radius 3 is 2.55 bits per heavy atom. The summed E-state index contributed by atoms with van der Waals surface area (Å²) in [5, 5.41) is 6.11. The van der Waals surface area contributed by atoms with Crippen LogP contribution in [-0.2, 0) is 6.54 Å². The molecule has 0 atom stereocenters. The third kappa shape index (κ3) is 4.74. The highest BCUT2D eigenvalue weighted by atomic mass is 32.1. The van der Waals surface area contributed by atoms with Gasteiger partial charge in [0, 0.05) is 35.8 Å². The largest absolute Gasteiger partial charge is 0.361 e. The SMILES string of the molecule is CCN(c1scc(C(=O)NCc2c(C)cc(C)[nH]c2=O)c1C)C1CCC(C)CC1. The molecule has 2 aromatic heterocycles. The Balaban J connectivity index is 1.73. The van der Waals surface area contributed by atoms with Crippen LogP contribution in [0.1, 0.15) is 72.3 Å². The summed E-state index contributed by atoms with van der Waals surface area (Å²) in [4.78, 5) is 30.3. The molecule has 2 aromatic rings. The molecule has 0 spiro atoms. The second-order valence-electron chi connectivity index (χ2n) is 8.40. The molecule has 29 heavy (non-hydrogen) atoms. The van der Waals surface area contributed by atoms with Crippen LogP contribution in [0.3, 0.4) is 0 Å². The highest BCUT2D eigenvalue weighted by Crippen LogP contribution is 2.36. The van der Waals surface area contributed by atoms with E-state index < -0.39 is 0 Å². The van der Waals surface area contributed by atoms with Crippen molar-refractivity contribution in [2.75, 3.05) is 11.4 Å². The first-order valence-corrected chi connectivity index (χ1v) is 11.5. The molecule has 2 heterocycles. The van der Waals surface area contributed by atoms with E-state index in [9.17, 15) is 9.59 Å². The first-order chi connectivity index (χ1) is 13.8. The van der Waals surface area contributed by atoms with Gasteiger partial charge in [-0.25, -0.2) is 0 Å². The number of nitrogens with zero attached hydrogens (tertiary/aromatic N) is 1. The summed E-state index contributed by atoms with van der Waals surface area (Å²) in [7, 11) is 0. The maximum Gasteiger partial charge on any atom is 0.253 e. The molecule has 3 rings (SSSR count). The summed E-state index contributed by atoms with van der Waals surface area (Å²) < 4.78 is 0. The van der Waals surface area contributed by atoms with Crippen LogP contribution < -0.4 is 15.8 Å². The van der Waals surface area contributed by atoms with E-state index in [1.54, 1.807) is 11.3 Å². The van der Waals surface area contributed by atoms with Gasteiger partial charge in [-0.3, -0.25) is 9.59 Å². The molecule has 1 aliphatic rings. The van der Waals surface area contributed by atoms with Crippen LogP contribution in [0.2, 0.25) is 0 Å². The fourth-order valence-electron chi connectivity index (χ4n) is 4.40. The lowest BCUT2D eigenvalue weighted by Crippen LogP contribution is -2.37. The van der Waals surface area contributed by atoms with E-state index in [4.69, 9.17) is 0 Å². The number of hydrogen-bond donors (Lipinski definition) is 2. The van der Waals surface area contributed by atoms with Crippen molar-refractivity contribution in [3.05, 3.63) is 49.7 Å². The number of aromatic nitrogens is 1. The number of amides is 1. The molecule has 158 valence electrons. The van der Waals surface area contributed by atoms with E-state index >= 15 is 0 Å². The van der Waals surface area contributed by atoms with Gasteiger partial charge in [-0.2, -0.15) is 0 Å². The first-order valence-electron chi connectivity index (χ1n) is 10.6. The number of H-pyrrole nitrogens is 1. The molecule has 0 radical (unpaired) electrons. The van der Waals surface area contributed by atoms with E-state index in [-0.39, 0.29) is 18.0 Å². The molecule has 6 heteroatoms. The number of carbonyl (C=O) groups excluding carboxylic acids is 1. The van der Waals surface area contributed by atoms with Crippen molar-refractivity contribution in [3.8, 4) is 0 Å². The van der Waals surface area contributed by atoms with Crippen LogP contribution in [0.4, 0.5) is 5.00 Å². The highest BCUT2D eigenvalue weighted by Gasteiger charge is 2.26. The predicted molar refractivity (Wildman–Crippen MR) is 121 cm³/mol. The Morgan fingerprint density at radius 1 is 1.24 bits per heavy atom. The van der Waals surface area contributed by atoms with Gasteiger partial charge in [0.15, 0.2) is 0 Å². The van der Waals surface area contributed by atoms with E-state index in [1.807, 2.05) is 32.2 Å². The summed E-state index contributed by atoms with van der Waals surface area (Å²) in [6.07, 6.45) is 5.01. The van der Waals surface area contributed by atoms with Crippen molar-refractivity contribution in [3.63, 3.8) is 0 Å². The van der Waals surface area contributed by atoms with Gasteiger partial charge in [0.2, 0.25) is 0 Å². The Labute approximate surface area is 177 Å². The zero-order valence-corrected chi connectivity index (χ0v) is 19.0. The molecule has 1 aliphatic carbocycles. The topological polar surface area (TPSA) is 65.2 Å². The van der Waals surface area contributed by atoms with E-state index in [1.165, 1.54) is 30.7 Å². The molecular weight excluding hydrogens is 382 g/mol. The molecular formula is C23H33N3O2S. The van der Waals surface area contributed by atoms with Crippen molar-refractivity contribution in [2.24, 2.45) is 5.92 Å². The average molecular weight is 416 g/mol. The molecule has 0 saturated heterocycles. The van der Waals surface area contributed by atoms with Gasteiger partial charge in [-0.1, -0.05) is 6.92 Å². The Bertz CT molecular complexity index is 923. The highest BCUT2D eigenvalue weighted by molar-refractivity contribution is 7.14. The van der Waals surface area contributed by atoms with Gasteiger partial charge in [0.25, 0.3) is 11.5 Å². The lowest BCUT2D eigenvalue weighted by atomic mass is 9.86. The summed E-state index contributed by atoms with van der Waals surface area (Å²) in [6, 6.07) is 2.50. The number of rotatable bonds is 6. The molecule has 0 bridgehead atoms. The van der Waals surface area contributed by atoms with Crippen molar-refractivity contribution in [1.82, 2.24) is 10.3 Å². The minimum Gasteiger partial charge on any atom is -0.361 e. The fraction of sp³-hybridized carbons (Fsp3) is 0.565. The van der Waals surface area contributed by atoms with Crippen molar-refractivity contribution in [2.45, 2.75) is 72.9 Å². The lowest BCUT2D eigenvalue weighted by molar-refractivity contribution is 0.0950. The average Bonchev–Trinajstić information content (AvgIpc) is 3.04. The van der Waals surface area contributed by atoms with Gasteiger partial charge < -0.3 is 15.2 Å². The lowest BCUT2D eigenvalue weighted by Gasteiger charge is -2.36. The molecule has 1 saturated carbocycles. The van der Waals surface area contributed by atoms with Crippen LogP contribution in [0.5, 0.6) is 0 Å². The van der Waals surface area contributed by atoms with E-state index in [2.05, 4.69) is 29.0 Å². The van der Waals surface area contributed by atoms with Crippen LogP contribution in [0, 0.1) is 26.7 Å². The minimum atomic E-state index is -0.130. The van der Waals surface area contributed by atoms with E-state index in [0.29, 0.717) is 17.2 Å². The second kappa shape index (κ2) is 9.16. The van der Waals surface area contributed by atoms with E-state index in [0.717, 1.165) is 29.3 Å². The maximum absolute atomic E-state index is 12.8. The van der Waals surface area contributed by atoms with Crippen molar-refractivity contribution >= 4 is 22.2 Å². The number of hydrogen-bond acceptors (Lipinski definition) is 4. The number of thiophene rings is 1. The third-order valence-corrected chi connectivity index (χ3v) is 7.32. The monoisotopic (exact) mass is 415 g/mol. The Kier molecular flexibility index (Phi) is 6.83. The normalized spacial score (nSPS) is 19.2. The van der Waals surface area contributed by atoms with Crippen molar-refractivity contribution in [1.29, 1.82) is 0 Å². The second-order valence-corrected chi connectivity index (χ2v) is 9.26. The van der Waals surface area contributed by atoms with Gasteiger partial charge >= 0.3 is 0 Å². The smallest absolute Gasteiger partial charge is 0.253 e. The Morgan fingerprint density at radius 2 is 1.93 bits per heavy atom. The number of pyridine rings is 1. The summed E-state index contributed by atoms with van der Waals surface area (Å²) in [5.74, 6) is 0.710. The standard InChI is InChI=1S/C23H33N3O2S/c1-6-26(18-9-7-14(2)8-10-18)23-17(5)20(13-29-23)21(27)24-12-19-15(3)11-16(4)25-22(19)28/h11,13-14,18H,6-10,12H2,1-5H3,(H,24,27)(H,25,28). The van der Waals surface area contributed by atoms with Crippen molar-refractivity contribution < 1.29 is 4.79 Å². The molecule has 5 nitrogen and oxygen atoms in total. The molecule has 1 amide bonds. The van der Waals surface area contributed by atoms with Crippen LogP contribution in [-0.4, -0.2) is 23.5 Å². The first kappa shape index (κ1) is 21.6. The summed E-state index contributed by atoms with van der Waals surface area (Å²) in [6.45, 7) is 11.5. The third-order valence-electron chi connectivity index (χ3n) is 6.21. The molecule has 0 unspecified atom stereocenters. The Hall–Kier alpha value is -2.08. The molecule has 0 aliphatic heterocycles. The van der Waals surface area contributed by atoms with Gasteiger partial charge in [-0.05, 0) is 76.5 Å². The molecule has 1 fully saturated rings. The van der Waals surface area contributed by atoms with Crippen LogP contribution in [0.25, 0.3) is 0 Å².